The van der Waals surface area contributed by atoms with Crippen molar-refractivity contribution in [3.05, 3.63) is 35.4 Å². The first-order valence-corrected chi connectivity index (χ1v) is 7.54. The van der Waals surface area contributed by atoms with Crippen molar-refractivity contribution in [2.24, 2.45) is 0 Å². The summed E-state index contributed by atoms with van der Waals surface area (Å²) in [6, 6.07) is 4.98. The number of anilines is 1. The van der Waals surface area contributed by atoms with E-state index in [1.807, 2.05) is 6.07 Å². The number of ether oxygens (including phenoxy) is 2. The Morgan fingerprint density at radius 3 is 3.29 bits per heavy atom. The molecule has 0 aliphatic carbocycles. The molecule has 0 amide bonds. The number of aromatic nitrogens is 2. The van der Waals surface area contributed by atoms with E-state index in [-0.39, 0.29) is 11.9 Å². The van der Waals surface area contributed by atoms with Gasteiger partial charge in [-0.3, -0.25) is 0 Å². The summed E-state index contributed by atoms with van der Waals surface area (Å²) in [6.45, 7) is 1.09. The van der Waals surface area contributed by atoms with E-state index >= 15 is 0 Å². The van der Waals surface area contributed by atoms with Crippen molar-refractivity contribution in [1.29, 1.82) is 0 Å². The maximum absolute atomic E-state index is 13.7. The molecule has 1 aliphatic rings. The van der Waals surface area contributed by atoms with E-state index in [2.05, 4.69) is 14.7 Å². The van der Waals surface area contributed by atoms with Gasteiger partial charge in [-0.1, -0.05) is 12.1 Å². The lowest BCUT2D eigenvalue weighted by Gasteiger charge is -2.26. The number of fused-ring (bicyclic) bond motifs is 1. The zero-order valence-electron chi connectivity index (χ0n) is 11.6. The monoisotopic (exact) mass is 309 g/mol. The Morgan fingerprint density at radius 1 is 1.52 bits per heavy atom. The molecule has 1 aromatic carbocycles. The number of halogens is 1. The molecule has 21 heavy (non-hydrogen) atoms. The third kappa shape index (κ3) is 3.14. The second-order valence-corrected chi connectivity index (χ2v) is 5.50. The number of hydrogen-bond donors (Lipinski definition) is 1. The van der Waals surface area contributed by atoms with Gasteiger partial charge in [0.25, 0.3) is 0 Å². The molecular weight excluding hydrogens is 293 g/mol. The molecule has 0 fully saturated rings. The van der Waals surface area contributed by atoms with Crippen molar-refractivity contribution in [2.45, 2.75) is 18.9 Å². The minimum Gasteiger partial charge on any atom is -0.490 e. The third-order valence-electron chi connectivity index (χ3n) is 3.32. The summed E-state index contributed by atoms with van der Waals surface area (Å²) < 4.78 is 28.4. The third-order valence-corrected chi connectivity index (χ3v) is 4.01. The van der Waals surface area contributed by atoms with Crippen LogP contribution in [0, 0.1) is 5.82 Å². The topological polar surface area (TPSA) is 56.3 Å². The summed E-state index contributed by atoms with van der Waals surface area (Å²) in [6.07, 6.45) is 1.46. The van der Waals surface area contributed by atoms with Crippen molar-refractivity contribution in [1.82, 2.24) is 9.36 Å². The summed E-state index contributed by atoms with van der Waals surface area (Å²) in [5.41, 5.74) is 0.829. The highest BCUT2D eigenvalue weighted by Gasteiger charge is 2.24. The smallest absolute Gasteiger partial charge is 0.203 e. The number of methoxy groups -OCH3 is 1. The normalized spacial score (nSPS) is 17.1. The SMILES string of the molecule is COCCc1nsc(N[C@H]2CCOc3c(F)cccc32)n1. The zero-order valence-corrected chi connectivity index (χ0v) is 12.5. The molecule has 112 valence electrons. The number of benzene rings is 1. The fraction of sp³-hybridized carbons (Fsp3) is 0.429. The Bertz CT molecular complexity index is 620. The molecule has 1 atom stereocenters. The van der Waals surface area contributed by atoms with Gasteiger partial charge in [0.2, 0.25) is 5.13 Å². The van der Waals surface area contributed by atoms with Crippen LogP contribution in [-0.4, -0.2) is 29.7 Å². The fourth-order valence-corrected chi connectivity index (χ4v) is 2.96. The van der Waals surface area contributed by atoms with Crippen LogP contribution >= 0.6 is 11.5 Å². The lowest BCUT2D eigenvalue weighted by Crippen LogP contribution is -2.21. The average molecular weight is 309 g/mol. The molecule has 1 aromatic heterocycles. The van der Waals surface area contributed by atoms with Crippen molar-refractivity contribution in [3.63, 3.8) is 0 Å². The Balaban J connectivity index is 1.74. The number of nitrogens with one attached hydrogen (secondary N) is 1. The van der Waals surface area contributed by atoms with Gasteiger partial charge in [-0.2, -0.15) is 4.37 Å². The van der Waals surface area contributed by atoms with Gasteiger partial charge in [0, 0.05) is 37.0 Å². The Kier molecular flexibility index (Phi) is 4.31. The molecule has 2 heterocycles. The maximum Gasteiger partial charge on any atom is 0.203 e. The number of hydrogen-bond acceptors (Lipinski definition) is 6. The van der Waals surface area contributed by atoms with Crippen LogP contribution < -0.4 is 10.1 Å². The van der Waals surface area contributed by atoms with Crippen LogP contribution in [0.2, 0.25) is 0 Å². The quantitative estimate of drug-likeness (QED) is 0.920. The lowest BCUT2D eigenvalue weighted by atomic mass is 10.0. The van der Waals surface area contributed by atoms with Crippen LogP contribution in [0.15, 0.2) is 18.2 Å². The van der Waals surface area contributed by atoms with Crippen molar-refractivity contribution in [3.8, 4) is 5.75 Å². The zero-order chi connectivity index (χ0) is 14.7. The highest BCUT2D eigenvalue weighted by Crippen LogP contribution is 2.36. The molecule has 1 N–H and O–H groups in total. The predicted octanol–water partition coefficient (Wildman–Crippen LogP) is 2.80. The molecular formula is C14H16FN3O2S. The van der Waals surface area contributed by atoms with Crippen molar-refractivity contribution < 1.29 is 13.9 Å². The standard InChI is InChI=1S/C14H16FN3O2S/c1-19-7-6-12-17-14(21-18-12)16-11-5-8-20-13-9(11)3-2-4-10(13)15/h2-4,11H,5-8H2,1H3,(H,16,17,18)/t11-/m0/s1. The van der Waals surface area contributed by atoms with Gasteiger partial charge in [-0.05, 0) is 6.07 Å². The van der Waals surface area contributed by atoms with E-state index in [0.717, 1.165) is 22.9 Å². The van der Waals surface area contributed by atoms with Gasteiger partial charge in [-0.15, -0.1) is 0 Å². The Morgan fingerprint density at radius 2 is 2.43 bits per heavy atom. The van der Waals surface area contributed by atoms with Crippen molar-refractivity contribution >= 4 is 16.7 Å². The lowest BCUT2D eigenvalue weighted by molar-refractivity contribution is 0.201. The van der Waals surface area contributed by atoms with E-state index in [1.165, 1.54) is 17.6 Å². The largest absolute Gasteiger partial charge is 0.490 e. The van der Waals surface area contributed by atoms with Crippen LogP contribution in [0.1, 0.15) is 23.9 Å². The first kappa shape index (κ1) is 14.2. The van der Waals surface area contributed by atoms with Crippen molar-refractivity contribution in [2.75, 3.05) is 25.6 Å². The van der Waals surface area contributed by atoms with E-state index in [0.29, 0.717) is 25.4 Å². The summed E-state index contributed by atoms with van der Waals surface area (Å²) in [5, 5.41) is 4.06. The highest BCUT2D eigenvalue weighted by atomic mass is 32.1. The van der Waals surface area contributed by atoms with Gasteiger partial charge in [0.15, 0.2) is 11.6 Å². The molecule has 0 saturated carbocycles. The second kappa shape index (κ2) is 6.36. The van der Waals surface area contributed by atoms with Gasteiger partial charge in [-0.25, -0.2) is 9.37 Å². The number of rotatable bonds is 5. The average Bonchev–Trinajstić information content (AvgIpc) is 2.94. The van der Waals surface area contributed by atoms with E-state index in [4.69, 9.17) is 9.47 Å². The Hall–Kier alpha value is -1.73. The molecule has 3 rings (SSSR count). The van der Waals surface area contributed by atoms with Gasteiger partial charge in [0.05, 0.1) is 19.3 Å². The summed E-state index contributed by atoms with van der Waals surface area (Å²) in [5.74, 6) is 0.776. The van der Waals surface area contributed by atoms with Crippen LogP contribution in [0.5, 0.6) is 5.75 Å². The van der Waals surface area contributed by atoms with Crippen LogP contribution in [0.4, 0.5) is 9.52 Å². The number of para-hydroxylation sites is 1. The second-order valence-electron chi connectivity index (χ2n) is 4.75. The minimum atomic E-state index is -0.322. The molecule has 0 unspecified atom stereocenters. The molecule has 1 aliphatic heterocycles. The first-order valence-electron chi connectivity index (χ1n) is 6.77. The van der Waals surface area contributed by atoms with E-state index in [1.54, 1.807) is 13.2 Å². The molecule has 0 spiro atoms. The van der Waals surface area contributed by atoms with Gasteiger partial charge in [0.1, 0.15) is 5.82 Å². The van der Waals surface area contributed by atoms with Crippen LogP contribution in [-0.2, 0) is 11.2 Å². The molecule has 2 aromatic rings. The molecule has 5 nitrogen and oxygen atoms in total. The Labute approximate surface area is 126 Å². The maximum atomic E-state index is 13.7. The molecule has 0 radical (unpaired) electrons. The van der Waals surface area contributed by atoms with Gasteiger partial charge >= 0.3 is 0 Å². The fourth-order valence-electron chi connectivity index (χ4n) is 2.29. The first-order chi connectivity index (χ1) is 10.3. The van der Waals surface area contributed by atoms with Crippen LogP contribution in [0.25, 0.3) is 0 Å². The summed E-state index contributed by atoms with van der Waals surface area (Å²) >= 11 is 1.31. The van der Waals surface area contributed by atoms with E-state index < -0.39 is 0 Å². The molecule has 7 heteroatoms. The van der Waals surface area contributed by atoms with Gasteiger partial charge < -0.3 is 14.8 Å². The molecule has 0 saturated heterocycles. The van der Waals surface area contributed by atoms with Crippen LogP contribution in [0.3, 0.4) is 0 Å². The highest BCUT2D eigenvalue weighted by molar-refractivity contribution is 7.09. The summed E-state index contributed by atoms with van der Waals surface area (Å²) in [7, 11) is 1.65. The minimum absolute atomic E-state index is 0.00678. The number of nitrogens with zero attached hydrogens (tertiary/aromatic N) is 2. The van der Waals surface area contributed by atoms with E-state index in [9.17, 15) is 4.39 Å². The molecule has 0 bridgehead atoms. The summed E-state index contributed by atoms with van der Waals surface area (Å²) in [4.78, 5) is 4.42. The predicted molar refractivity (Wildman–Crippen MR) is 78.4 cm³/mol.